The van der Waals surface area contributed by atoms with Crippen LogP contribution in [0.2, 0.25) is 0 Å². The first kappa shape index (κ1) is 30.6. The molecule has 12 heteroatoms. The van der Waals surface area contributed by atoms with Crippen molar-refractivity contribution in [1.29, 1.82) is 0 Å². The number of esters is 1. The van der Waals surface area contributed by atoms with Gasteiger partial charge in [-0.25, -0.2) is 15.4 Å². The zero-order valence-corrected chi connectivity index (χ0v) is 24.8. The number of carbonyl (C=O) groups excluding carboxylic acids is 5. The molecule has 0 aliphatic carbocycles. The summed E-state index contributed by atoms with van der Waals surface area (Å²) in [5.41, 5.74) is 5.78. The lowest BCUT2D eigenvalue weighted by molar-refractivity contribution is -0.165. The number of amides is 4. The third-order valence-corrected chi connectivity index (χ3v) is 7.28. The molecule has 1 aromatic carbocycles. The van der Waals surface area contributed by atoms with Crippen molar-refractivity contribution in [2.45, 2.75) is 72.6 Å². The molecule has 4 rings (SSSR count). The van der Waals surface area contributed by atoms with E-state index in [0.29, 0.717) is 24.9 Å². The predicted octanol–water partition coefficient (Wildman–Crippen LogP) is 2.24. The first-order valence-electron chi connectivity index (χ1n) is 14.1. The summed E-state index contributed by atoms with van der Waals surface area (Å²) in [4.78, 5) is 70.1. The molecule has 4 amide bonds. The lowest BCUT2D eigenvalue weighted by atomic mass is 9.92. The minimum atomic E-state index is -1.12. The van der Waals surface area contributed by atoms with Crippen molar-refractivity contribution in [2.75, 3.05) is 11.6 Å². The van der Waals surface area contributed by atoms with E-state index in [1.807, 2.05) is 12.1 Å². The minimum absolute atomic E-state index is 0.221. The van der Waals surface area contributed by atoms with Gasteiger partial charge in [0.25, 0.3) is 17.7 Å². The van der Waals surface area contributed by atoms with Crippen molar-refractivity contribution in [1.82, 2.24) is 26.2 Å². The molecule has 1 fully saturated rings. The number of fused-ring (bicyclic) bond motifs is 4. The smallest absolute Gasteiger partial charge is 0.316 e. The number of nitrogens with one attached hydrogen (secondary N) is 3. The Morgan fingerprint density at radius 3 is 2.50 bits per heavy atom. The summed E-state index contributed by atoms with van der Waals surface area (Å²) in [6.07, 6.45) is 3.26. The van der Waals surface area contributed by atoms with Crippen LogP contribution in [0.1, 0.15) is 59.9 Å². The topological polar surface area (TPSA) is 150 Å². The number of hydrazine groups is 2. The fourth-order valence-electron chi connectivity index (χ4n) is 4.69. The van der Waals surface area contributed by atoms with E-state index < -0.39 is 53.2 Å². The van der Waals surface area contributed by atoms with E-state index in [1.54, 1.807) is 58.0 Å². The van der Waals surface area contributed by atoms with Gasteiger partial charge in [-0.05, 0) is 63.3 Å². The number of pyridine rings is 1. The fourth-order valence-corrected chi connectivity index (χ4v) is 4.69. The molecule has 42 heavy (non-hydrogen) atoms. The van der Waals surface area contributed by atoms with E-state index >= 15 is 0 Å². The Labute approximate surface area is 244 Å². The van der Waals surface area contributed by atoms with Crippen LogP contribution in [-0.2, 0) is 28.7 Å². The molecule has 2 aliphatic rings. The molecule has 0 spiro atoms. The van der Waals surface area contributed by atoms with Gasteiger partial charge in [0.05, 0.1) is 10.9 Å². The Morgan fingerprint density at radius 2 is 1.81 bits per heavy atom. The highest BCUT2D eigenvalue weighted by Crippen LogP contribution is 2.25. The van der Waals surface area contributed by atoms with Crippen molar-refractivity contribution in [3.05, 3.63) is 42.0 Å². The van der Waals surface area contributed by atoms with Crippen LogP contribution < -0.4 is 21.2 Å². The number of hydrogen-bond acceptors (Lipinski definition) is 8. The van der Waals surface area contributed by atoms with Gasteiger partial charge in [-0.2, -0.15) is 0 Å². The third kappa shape index (κ3) is 6.76. The zero-order chi connectivity index (χ0) is 30.8. The molecule has 5 bridgehead atoms. The van der Waals surface area contributed by atoms with Gasteiger partial charge < -0.3 is 10.1 Å². The number of cyclic esters (lactones) is 1. The standard InChI is InChI=1S/C30H38N6O6/c1-17(2)25-27(39)31-18(3)28(40)35-15-7-8-22(33-35)26(38)34-36(19(4)37)24-12-11-21-10-9-20(16-23(21)32-24)13-14-30(5,6)29(41)42-25/h9-14,16-18,22,25,33H,7-8,15H2,1-6H3,(H,31,39)(H,34,38)/b14-13+/t18-,22-,25-/m0/s1. The van der Waals surface area contributed by atoms with E-state index in [1.165, 1.54) is 18.9 Å². The van der Waals surface area contributed by atoms with Crippen LogP contribution in [0, 0.1) is 11.3 Å². The Bertz CT molecular complexity index is 1440. The van der Waals surface area contributed by atoms with Crippen LogP contribution in [0.4, 0.5) is 5.82 Å². The van der Waals surface area contributed by atoms with E-state index in [0.717, 1.165) is 16.0 Å². The SMILES string of the molecule is CC(=O)N1NC(=O)[C@@H]2CCCN(N2)C(=O)[C@H](C)NC(=O)[C@H](C(C)C)OC(=O)C(C)(C)/C=C/c2ccc3ccc1nc3c2. The van der Waals surface area contributed by atoms with Crippen LogP contribution in [0.15, 0.2) is 36.4 Å². The molecule has 2 aliphatic heterocycles. The average Bonchev–Trinajstić information content (AvgIpc) is 2.95. The van der Waals surface area contributed by atoms with E-state index in [9.17, 15) is 24.0 Å². The number of ether oxygens (including phenoxy) is 1. The largest absolute Gasteiger partial charge is 0.451 e. The van der Waals surface area contributed by atoms with E-state index in [4.69, 9.17) is 4.74 Å². The highest BCUT2D eigenvalue weighted by molar-refractivity contribution is 5.97. The van der Waals surface area contributed by atoms with Crippen LogP contribution in [0.3, 0.4) is 0 Å². The van der Waals surface area contributed by atoms with Gasteiger partial charge >= 0.3 is 5.97 Å². The summed E-state index contributed by atoms with van der Waals surface area (Å²) in [5.74, 6) is -2.76. The second-order valence-electron chi connectivity index (χ2n) is 11.6. The molecule has 224 valence electrons. The normalized spacial score (nSPS) is 24.7. The summed E-state index contributed by atoms with van der Waals surface area (Å²) in [6.45, 7) is 10.0. The number of rotatable bonds is 1. The van der Waals surface area contributed by atoms with Crippen molar-refractivity contribution in [3.8, 4) is 0 Å². The molecule has 0 radical (unpaired) electrons. The molecular formula is C30H38N6O6. The first-order chi connectivity index (χ1) is 19.8. The molecule has 2 aromatic rings. The predicted molar refractivity (Wildman–Crippen MR) is 156 cm³/mol. The summed E-state index contributed by atoms with van der Waals surface area (Å²) in [5, 5.41) is 5.83. The van der Waals surface area contributed by atoms with Gasteiger partial charge in [0, 0.05) is 18.9 Å². The molecule has 1 saturated heterocycles. The number of nitrogens with zero attached hydrogens (tertiary/aromatic N) is 3. The highest BCUT2D eigenvalue weighted by Gasteiger charge is 2.36. The third-order valence-electron chi connectivity index (χ3n) is 7.28. The van der Waals surface area contributed by atoms with Crippen molar-refractivity contribution < 1.29 is 28.7 Å². The molecule has 3 heterocycles. The van der Waals surface area contributed by atoms with Crippen LogP contribution in [-0.4, -0.2) is 64.3 Å². The van der Waals surface area contributed by atoms with Crippen LogP contribution in [0.25, 0.3) is 17.0 Å². The number of benzene rings is 1. The summed E-state index contributed by atoms with van der Waals surface area (Å²) in [6, 6.07) is 7.17. The van der Waals surface area contributed by atoms with Gasteiger partial charge in [-0.1, -0.05) is 38.1 Å². The Hall–Kier alpha value is -4.32. The second kappa shape index (κ2) is 12.3. The van der Waals surface area contributed by atoms with Crippen LogP contribution in [0.5, 0.6) is 0 Å². The quantitative estimate of drug-likeness (QED) is 0.436. The Balaban J connectivity index is 1.75. The highest BCUT2D eigenvalue weighted by atomic mass is 16.5. The number of anilines is 1. The minimum Gasteiger partial charge on any atom is -0.451 e. The molecular weight excluding hydrogens is 540 g/mol. The molecule has 3 atom stereocenters. The second-order valence-corrected chi connectivity index (χ2v) is 11.6. The number of aromatic nitrogens is 1. The van der Waals surface area contributed by atoms with Crippen molar-refractivity contribution in [2.24, 2.45) is 11.3 Å². The lowest BCUT2D eigenvalue weighted by Crippen LogP contribution is -2.62. The van der Waals surface area contributed by atoms with Crippen molar-refractivity contribution >= 4 is 52.4 Å². The molecule has 3 N–H and O–H groups in total. The Kier molecular flexibility index (Phi) is 8.95. The van der Waals surface area contributed by atoms with Gasteiger partial charge in [0.2, 0.25) is 5.91 Å². The molecule has 0 saturated carbocycles. The summed E-state index contributed by atoms with van der Waals surface area (Å²) >= 11 is 0. The average molecular weight is 579 g/mol. The summed E-state index contributed by atoms with van der Waals surface area (Å²) < 4.78 is 5.68. The van der Waals surface area contributed by atoms with Gasteiger partial charge in [0.15, 0.2) is 11.9 Å². The fraction of sp³-hybridized carbons (Fsp3) is 0.467. The van der Waals surface area contributed by atoms with E-state index in [2.05, 4.69) is 21.2 Å². The maximum absolute atomic E-state index is 13.2. The molecule has 1 aromatic heterocycles. The molecule has 0 unspecified atom stereocenters. The maximum atomic E-state index is 13.2. The van der Waals surface area contributed by atoms with Crippen molar-refractivity contribution in [3.63, 3.8) is 0 Å². The summed E-state index contributed by atoms with van der Waals surface area (Å²) in [7, 11) is 0. The zero-order valence-electron chi connectivity index (χ0n) is 24.8. The number of hydrogen-bond donors (Lipinski definition) is 3. The maximum Gasteiger partial charge on any atom is 0.316 e. The van der Waals surface area contributed by atoms with E-state index in [-0.39, 0.29) is 11.7 Å². The number of carbonyl (C=O) groups is 5. The molecule has 12 nitrogen and oxygen atoms in total. The van der Waals surface area contributed by atoms with Gasteiger partial charge in [0.1, 0.15) is 12.1 Å². The van der Waals surface area contributed by atoms with Gasteiger partial charge in [-0.15, -0.1) is 0 Å². The van der Waals surface area contributed by atoms with Crippen LogP contribution >= 0.6 is 0 Å². The first-order valence-corrected chi connectivity index (χ1v) is 14.1. The Morgan fingerprint density at radius 1 is 1.10 bits per heavy atom. The van der Waals surface area contributed by atoms with Gasteiger partial charge in [-0.3, -0.25) is 34.4 Å². The lowest BCUT2D eigenvalue weighted by Gasteiger charge is -2.35. The monoisotopic (exact) mass is 578 g/mol.